The van der Waals surface area contributed by atoms with Crippen LogP contribution in [0.2, 0.25) is 0 Å². The number of hydrogen-bond acceptors (Lipinski definition) is 10. The van der Waals surface area contributed by atoms with Gasteiger partial charge in [-0.15, -0.1) is 0 Å². The summed E-state index contributed by atoms with van der Waals surface area (Å²) < 4.78 is 33.9. The van der Waals surface area contributed by atoms with Crippen LogP contribution in [0, 0.1) is 19.7 Å². The average molecular weight is 740 g/mol. The second kappa shape index (κ2) is 13.9. The van der Waals surface area contributed by atoms with Gasteiger partial charge in [0.1, 0.15) is 29.3 Å². The lowest BCUT2D eigenvalue weighted by Crippen LogP contribution is -2.54. The van der Waals surface area contributed by atoms with Gasteiger partial charge in [0, 0.05) is 66.0 Å². The Hall–Kier alpha value is -5.17. The van der Waals surface area contributed by atoms with Crippen molar-refractivity contribution in [2.24, 2.45) is 0 Å². The Balaban J connectivity index is 1.29. The molecule has 286 valence electrons. The number of piperazine rings is 1. The molecule has 13 heteroatoms. The summed E-state index contributed by atoms with van der Waals surface area (Å²) in [6, 6.07) is 8.42. The summed E-state index contributed by atoms with van der Waals surface area (Å²) in [5.41, 5.74) is 4.68. The van der Waals surface area contributed by atoms with Crippen LogP contribution in [-0.4, -0.2) is 84.1 Å². The van der Waals surface area contributed by atoms with Gasteiger partial charge in [-0.2, -0.15) is 0 Å². The lowest BCUT2D eigenvalue weighted by molar-refractivity contribution is 0.0565. The van der Waals surface area contributed by atoms with E-state index in [1.54, 1.807) is 60.7 Å². The van der Waals surface area contributed by atoms with E-state index in [4.69, 9.17) is 14.2 Å². The first-order valence-electron chi connectivity index (χ1n) is 18.6. The van der Waals surface area contributed by atoms with Gasteiger partial charge < -0.3 is 29.3 Å². The Kier molecular flexibility index (Phi) is 9.57. The van der Waals surface area contributed by atoms with Crippen molar-refractivity contribution in [3.63, 3.8) is 0 Å². The van der Waals surface area contributed by atoms with Gasteiger partial charge in [-0.05, 0) is 122 Å². The van der Waals surface area contributed by atoms with Gasteiger partial charge in [-0.1, -0.05) is 0 Å². The number of rotatable bonds is 4. The number of carbonyl (C=O) groups is 2. The molecule has 0 aliphatic carbocycles. The Morgan fingerprint density at radius 2 is 1.69 bits per heavy atom. The summed E-state index contributed by atoms with van der Waals surface area (Å²) >= 11 is 0. The fourth-order valence-corrected chi connectivity index (χ4v) is 7.72. The van der Waals surface area contributed by atoms with Crippen molar-refractivity contribution in [3.05, 3.63) is 59.2 Å². The van der Waals surface area contributed by atoms with Crippen LogP contribution < -0.4 is 25.2 Å². The third kappa shape index (κ3) is 7.46. The topological polar surface area (TPSA) is 121 Å². The van der Waals surface area contributed by atoms with E-state index in [0.717, 1.165) is 38.2 Å². The maximum absolute atomic E-state index is 16.9. The Labute approximate surface area is 316 Å². The zero-order valence-corrected chi connectivity index (χ0v) is 32.6. The Bertz CT molecular complexity index is 2140. The summed E-state index contributed by atoms with van der Waals surface area (Å²) in [5, 5.41) is 7.15. The van der Waals surface area contributed by atoms with Crippen LogP contribution in [0.4, 0.5) is 42.5 Å². The molecule has 54 heavy (non-hydrogen) atoms. The maximum atomic E-state index is 16.9. The van der Waals surface area contributed by atoms with Gasteiger partial charge in [-0.25, -0.2) is 23.9 Å². The lowest BCUT2D eigenvalue weighted by Gasteiger charge is -2.46. The number of nitrogens with one attached hydrogen (secondary N) is 2. The van der Waals surface area contributed by atoms with Crippen molar-refractivity contribution in [1.29, 1.82) is 0 Å². The average Bonchev–Trinajstić information content (AvgIpc) is 3.07. The number of aromatic nitrogens is 2. The van der Waals surface area contributed by atoms with Crippen molar-refractivity contribution in [3.8, 4) is 17.0 Å². The molecule has 7 rings (SSSR count). The number of hydrogen-bond donors (Lipinski definition) is 2. The number of amides is 2. The highest BCUT2D eigenvalue weighted by Gasteiger charge is 2.34. The minimum Gasteiger partial charge on any atom is -0.474 e. The summed E-state index contributed by atoms with van der Waals surface area (Å²) in [7, 11) is 2.19. The van der Waals surface area contributed by atoms with Crippen LogP contribution in [0.5, 0.6) is 5.88 Å². The molecule has 3 aliphatic heterocycles. The molecule has 1 atom stereocenters. The predicted molar refractivity (Wildman–Crippen MR) is 210 cm³/mol. The van der Waals surface area contributed by atoms with Crippen molar-refractivity contribution < 1.29 is 28.2 Å². The van der Waals surface area contributed by atoms with Gasteiger partial charge >= 0.3 is 12.2 Å². The minimum absolute atomic E-state index is 0.0838. The number of carbonyl (C=O) groups excluding carboxylic acids is 2. The van der Waals surface area contributed by atoms with Gasteiger partial charge in [0.2, 0.25) is 5.88 Å². The fourth-order valence-electron chi connectivity index (χ4n) is 7.72. The second-order valence-electron chi connectivity index (χ2n) is 16.5. The molecule has 5 heterocycles. The Morgan fingerprint density at radius 3 is 2.43 bits per heavy atom. The number of benzene rings is 2. The highest BCUT2D eigenvalue weighted by atomic mass is 19.1. The first kappa shape index (κ1) is 37.2. The van der Waals surface area contributed by atoms with Crippen LogP contribution in [0.1, 0.15) is 64.7 Å². The third-order valence-corrected chi connectivity index (χ3v) is 9.96. The predicted octanol–water partition coefficient (Wildman–Crippen LogP) is 8.34. The molecule has 3 aliphatic rings. The standard InChI is InChI=1S/C41H50FN7O5/c1-23-16-27(17-25-10-11-28-22-47(9)12-13-48(28)35(23)25)45-32-19-26-18-29(33(42)34(31(26)21-43-32)46-38(50)53-40(3,4)5)30-20-44-37-36(24(30)2)49(14-15-52-37)39(51)54-41(6,7)8/h16-21,28H,10-15,22H2,1-9H3,(H,43,45)(H,46,50). The van der Waals surface area contributed by atoms with E-state index in [1.807, 2.05) is 6.07 Å². The number of fused-ring (bicyclic) bond motifs is 5. The number of anilines is 5. The molecule has 4 aromatic rings. The zero-order chi connectivity index (χ0) is 38.7. The van der Waals surface area contributed by atoms with Crippen LogP contribution in [0.3, 0.4) is 0 Å². The molecular weight excluding hydrogens is 689 g/mol. The SMILES string of the molecule is Cc1cc(Nc2cc3cc(-c4cnc5c(c4C)N(C(=O)OC(C)(C)C)CCO5)c(F)c(NC(=O)OC(C)(C)C)c3cn2)cc2c1N1CCN(C)CC1CC2. The largest absolute Gasteiger partial charge is 0.474 e. The highest BCUT2D eigenvalue weighted by molar-refractivity contribution is 6.04. The first-order valence-corrected chi connectivity index (χ1v) is 18.6. The lowest BCUT2D eigenvalue weighted by atomic mass is 9.91. The van der Waals surface area contributed by atoms with E-state index in [0.29, 0.717) is 39.4 Å². The molecule has 0 saturated carbocycles. The van der Waals surface area contributed by atoms with E-state index in [-0.39, 0.29) is 30.3 Å². The maximum Gasteiger partial charge on any atom is 0.415 e. The van der Waals surface area contributed by atoms with Gasteiger partial charge in [0.15, 0.2) is 5.82 Å². The van der Waals surface area contributed by atoms with Crippen molar-refractivity contribution in [2.75, 3.05) is 60.3 Å². The van der Waals surface area contributed by atoms with E-state index in [1.165, 1.54) is 27.9 Å². The summed E-state index contributed by atoms with van der Waals surface area (Å²) in [6.45, 7) is 18.1. The number of ether oxygens (including phenoxy) is 3. The molecular formula is C41H50FN7O5. The van der Waals surface area contributed by atoms with Crippen molar-refractivity contribution >= 4 is 51.5 Å². The molecule has 1 saturated heterocycles. The molecule has 12 nitrogen and oxygen atoms in total. The van der Waals surface area contributed by atoms with Crippen LogP contribution >= 0.6 is 0 Å². The molecule has 0 bridgehead atoms. The summed E-state index contributed by atoms with van der Waals surface area (Å²) in [4.78, 5) is 42.1. The van der Waals surface area contributed by atoms with Crippen LogP contribution in [0.25, 0.3) is 21.9 Å². The number of halogens is 1. The van der Waals surface area contributed by atoms with Crippen LogP contribution in [-0.2, 0) is 15.9 Å². The molecule has 0 radical (unpaired) electrons. The number of likely N-dealkylation sites (N-methyl/N-ethyl adjacent to an activating group) is 1. The van der Waals surface area contributed by atoms with E-state index in [9.17, 15) is 9.59 Å². The molecule has 2 amide bonds. The molecule has 0 spiro atoms. The Morgan fingerprint density at radius 1 is 0.926 bits per heavy atom. The molecule has 1 unspecified atom stereocenters. The summed E-state index contributed by atoms with van der Waals surface area (Å²) in [6.07, 6.45) is 3.82. The smallest absolute Gasteiger partial charge is 0.415 e. The first-order chi connectivity index (χ1) is 25.5. The van der Waals surface area contributed by atoms with E-state index in [2.05, 4.69) is 56.5 Å². The monoisotopic (exact) mass is 739 g/mol. The molecule has 2 N–H and O–H groups in total. The number of aryl methyl sites for hydroxylation is 2. The fraction of sp³-hybridized carbons (Fsp3) is 0.463. The second-order valence-corrected chi connectivity index (χ2v) is 16.5. The zero-order valence-electron chi connectivity index (χ0n) is 32.6. The normalized spacial score (nSPS) is 17.3. The van der Waals surface area contributed by atoms with Gasteiger partial charge in [0.25, 0.3) is 0 Å². The number of pyridine rings is 2. The van der Waals surface area contributed by atoms with E-state index >= 15 is 4.39 Å². The number of nitrogens with zero attached hydrogens (tertiary/aromatic N) is 5. The van der Waals surface area contributed by atoms with Crippen molar-refractivity contribution in [2.45, 2.75) is 85.5 Å². The third-order valence-electron chi connectivity index (χ3n) is 9.96. The van der Waals surface area contributed by atoms with Gasteiger partial charge in [-0.3, -0.25) is 10.2 Å². The highest BCUT2D eigenvalue weighted by Crippen LogP contribution is 2.43. The van der Waals surface area contributed by atoms with Crippen LogP contribution in [0.15, 0.2) is 36.7 Å². The molecule has 1 fully saturated rings. The summed E-state index contributed by atoms with van der Waals surface area (Å²) in [5.74, 6) is 0.107. The van der Waals surface area contributed by atoms with E-state index < -0.39 is 29.2 Å². The van der Waals surface area contributed by atoms with Crippen molar-refractivity contribution in [1.82, 2.24) is 14.9 Å². The quantitative estimate of drug-likeness (QED) is 0.211. The molecule has 2 aromatic heterocycles. The minimum atomic E-state index is -0.814. The molecule has 2 aromatic carbocycles. The van der Waals surface area contributed by atoms with Gasteiger partial charge in [0.05, 0.1) is 12.2 Å².